The molecule has 216 valence electrons. The van der Waals surface area contributed by atoms with Crippen LogP contribution in [0.1, 0.15) is 115 Å². The Morgan fingerprint density at radius 3 is 1.72 bits per heavy atom. The number of nitrogens with zero attached hydrogens (tertiary/aromatic N) is 2. The van der Waals surface area contributed by atoms with Gasteiger partial charge in [0.15, 0.2) is 0 Å². The molecule has 0 bridgehead atoms. The maximum absolute atomic E-state index is 5.18. The van der Waals surface area contributed by atoms with Crippen LogP contribution in [0.4, 0.5) is 11.4 Å². The van der Waals surface area contributed by atoms with E-state index in [4.69, 9.17) is 9.98 Å². The maximum Gasteiger partial charge on any atom is 0.0665 e. The summed E-state index contributed by atoms with van der Waals surface area (Å²) in [6, 6.07) is 17.2. The monoisotopic (exact) mass is 618 g/mol. The zero-order valence-corrected chi connectivity index (χ0v) is 26.4. The Balaban J connectivity index is 0.00000760. The van der Waals surface area contributed by atoms with Crippen molar-refractivity contribution >= 4 is 23.3 Å². The quantitative estimate of drug-likeness (QED) is 0.0610. The van der Waals surface area contributed by atoms with Crippen molar-refractivity contribution < 1.29 is 20.4 Å². The first-order chi connectivity index (χ1) is 18.8. The van der Waals surface area contributed by atoms with Gasteiger partial charge in [0.25, 0.3) is 0 Å². The average Bonchev–Trinajstić information content (AvgIpc) is 2.94. The van der Waals surface area contributed by atoms with E-state index >= 15 is 0 Å². The third-order valence-corrected chi connectivity index (χ3v) is 6.79. The van der Waals surface area contributed by atoms with Crippen LogP contribution in [0.3, 0.4) is 0 Å². The topological polar surface area (TPSA) is 24.7 Å². The van der Waals surface area contributed by atoms with Crippen LogP contribution in [0, 0.1) is 0 Å². The first kappa shape index (κ1) is 34.9. The van der Waals surface area contributed by atoms with Crippen molar-refractivity contribution in [3.8, 4) is 0 Å². The summed E-state index contributed by atoms with van der Waals surface area (Å²) in [5.74, 6) is 0. The van der Waals surface area contributed by atoms with Gasteiger partial charge in [-0.2, -0.15) is 0 Å². The number of benzene rings is 2. The minimum Gasteiger partial charge on any atom is -0.255 e. The van der Waals surface area contributed by atoms with E-state index in [2.05, 4.69) is 93.6 Å². The summed E-state index contributed by atoms with van der Waals surface area (Å²) in [6.07, 6.45) is 28.9. The Kier molecular flexibility index (Phi) is 21.3. The standard InChI is InChI=1S/C36H52N2.Pd/c1-4-7-10-13-16-19-28-34(38-36-30-23-21-27-33(36)25-18-15-12-9-6-3)31-37-35-29-22-20-26-32(35)24-17-14-11-8-5-2;/h11-12,14-15,20-23,26-27,29-31H,4-10,13,16-19,24-25,28H2,1-3H3;. The molecule has 0 fully saturated rings. The fourth-order valence-electron chi connectivity index (χ4n) is 4.50. The van der Waals surface area contributed by atoms with Gasteiger partial charge in [-0.1, -0.05) is 126 Å². The van der Waals surface area contributed by atoms with Crippen molar-refractivity contribution in [3.63, 3.8) is 0 Å². The number of hydrogen-bond donors (Lipinski definition) is 0. The molecule has 2 aromatic carbocycles. The molecule has 2 aromatic rings. The zero-order valence-electron chi connectivity index (χ0n) is 24.8. The normalized spacial score (nSPS) is 12.1. The average molecular weight is 619 g/mol. The van der Waals surface area contributed by atoms with Crippen molar-refractivity contribution in [1.29, 1.82) is 0 Å². The number of hydrogen-bond acceptors (Lipinski definition) is 2. The van der Waals surface area contributed by atoms with Gasteiger partial charge < -0.3 is 0 Å². The first-order valence-corrected chi connectivity index (χ1v) is 15.4. The van der Waals surface area contributed by atoms with Crippen LogP contribution in [0.5, 0.6) is 0 Å². The molecule has 0 heterocycles. The molecule has 0 spiro atoms. The summed E-state index contributed by atoms with van der Waals surface area (Å²) in [5.41, 5.74) is 5.89. The van der Waals surface area contributed by atoms with Crippen molar-refractivity contribution in [2.24, 2.45) is 9.98 Å². The predicted molar refractivity (Wildman–Crippen MR) is 171 cm³/mol. The molecule has 0 unspecified atom stereocenters. The SMILES string of the molecule is CCCC=CCCc1ccccc1N=CC(CCCCCCCC)=Nc1ccccc1CCC=CCCC.[Pd]. The number of rotatable bonds is 20. The van der Waals surface area contributed by atoms with Crippen LogP contribution >= 0.6 is 0 Å². The van der Waals surface area contributed by atoms with E-state index in [-0.39, 0.29) is 20.4 Å². The number of allylic oxidation sites excluding steroid dienone is 4. The molecule has 0 N–H and O–H groups in total. The van der Waals surface area contributed by atoms with Gasteiger partial charge in [0.2, 0.25) is 0 Å². The Morgan fingerprint density at radius 1 is 0.590 bits per heavy atom. The summed E-state index contributed by atoms with van der Waals surface area (Å²) in [5, 5.41) is 0. The summed E-state index contributed by atoms with van der Waals surface area (Å²) >= 11 is 0. The van der Waals surface area contributed by atoms with E-state index in [0.717, 1.165) is 62.0 Å². The van der Waals surface area contributed by atoms with Crippen LogP contribution in [-0.2, 0) is 33.3 Å². The Morgan fingerprint density at radius 2 is 1.10 bits per heavy atom. The summed E-state index contributed by atoms with van der Waals surface area (Å²) in [4.78, 5) is 10.2. The molecule has 0 aliphatic carbocycles. The Bertz CT molecular complexity index is 1000. The van der Waals surface area contributed by atoms with Gasteiger partial charge >= 0.3 is 0 Å². The van der Waals surface area contributed by atoms with Crippen molar-refractivity contribution in [1.82, 2.24) is 0 Å². The largest absolute Gasteiger partial charge is 0.255 e. The molecule has 0 atom stereocenters. The molecule has 2 rings (SSSR count). The summed E-state index contributed by atoms with van der Waals surface area (Å²) < 4.78 is 0. The molecule has 0 aliphatic rings. The predicted octanol–water partition coefficient (Wildman–Crippen LogP) is 11.5. The van der Waals surface area contributed by atoms with E-state index in [0.29, 0.717) is 0 Å². The van der Waals surface area contributed by atoms with Gasteiger partial charge in [-0.15, -0.1) is 0 Å². The first-order valence-electron chi connectivity index (χ1n) is 15.4. The second-order valence-corrected chi connectivity index (χ2v) is 10.2. The van der Waals surface area contributed by atoms with Gasteiger partial charge in [0.05, 0.1) is 17.1 Å². The van der Waals surface area contributed by atoms with Crippen molar-refractivity contribution in [3.05, 3.63) is 84.0 Å². The van der Waals surface area contributed by atoms with Crippen molar-refractivity contribution in [2.45, 2.75) is 117 Å². The number of aryl methyl sites for hydroxylation is 2. The molecule has 0 saturated carbocycles. The second kappa shape index (κ2) is 23.8. The molecule has 0 radical (unpaired) electrons. The fraction of sp³-hybridized carbons (Fsp3) is 0.500. The molecule has 0 aromatic heterocycles. The Hall–Kier alpha value is -2.08. The maximum atomic E-state index is 5.18. The van der Waals surface area contributed by atoms with Crippen LogP contribution < -0.4 is 0 Å². The van der Waals surface area contributed by atoms with E-state index in [1.54, 1.807) is 0 Å². The number of para-hydroxylation sites is 2. The molecule has 0 saturated heterocycles. The van der Waals surface area contributed by atoms with E-state index < -0.39 is 0 Å². The summed E-state index contributed by atoms with van der Waals surface area (Å²) in [7, 11) is 0. The molecule has 39 heavy (non-hydrogen) atoms. The van der Waals surface area contributed by atoms with Gasteiger partial charge in [0, 0.05) is 26.6 Å². The minimum absolute atomic E-state index is 0. The molecular formula is C36H52N2Pd. The van der Waals surface area contributed by atoms with Gasteiger partial charge in [-0.3, -0.25) is 9.98 Å². The third-order valence-electron chi connectivity index (χ3n) is 6.79. The van der Waals surface area contributed by atoms with Crippen LogP contribution in [0.25, 0.3) is 0 Å². The fourth-order valence-corrected chi connectivity index (χ4v) is 4.50. The van der Waals surface area contributed by atoms with Crippen LogP contribution in [0.2, 0.25) is 0 Å². The molecule has 2 nitrogen and oxygen atoms in total. The third kappa shape index (κ3) is 15.9. The van der Waals surface area contributed by atoms with Gasteiger partial charge in [-0.05, 0) is 74.6 Å². The molecule has 3 heteroatoms. The van der Waals surface area contributed by atoms with E-state index in [1.807, 2.05) is 6.21 Å². The number of aliphatic imine (C=N–C) groups is 2. The summed E-state index contributed by atoms with van der Waals surface area (Å²) in [6.45, 7) is 6.73. The van der Waals surface area contributed by atoms with E-state index in [1.165, 1.54) is 62.5 Å². The molecular weight excluding hydrogens is 567 g/mol. The zero-order chi connectivity index (χ0) is 27.1. The van der Waals surface area contributed by atoms with Gasteiger partial charge in [0.1, 0.15) is 0 Å². The second-order valence-electron chi connectivity index (χ2n) is 10.2. The smallest absolute Gasteiger partial charge is 0.0665 e. The van der Waals surface area contributed by atoms with E-state index in [9.17, 15) is 0 Å². The minimum atomic E-state index is 0. The Labute approximate surface area is 253 Å². The van der Waals surface area contributed by atoms with Gasteiger partial charge in [-0.25, -0.2) is 0 Å². The van der Waals surface area contributed by atoms with Crippen molar-refractivity contribution in [2.75, 3.05) is 0 Å². The van der Waals surface area contributed by atoms with Crippen LogP contribution in [0.15, 0.2) is 82.8 Å². The molecule has 0 aliphatic heterocycles. The molecule has 0 amide bonds. The number of unbranched alkanes of at least 4 members (excludes halogenated alkanes) is 7. The van der Waals surface area contributed by atoms with Crippen LogP contribution in [-0.4, -0.2) is 11.9 Å².